The van der Waals surface area contributed by atoms with Crippen molar-refractivity contribution in [3.05, 3.63) is 4.85 Å². The molecule has 3 nitrogen and oxygen atoms in total. The maximum atomic E-state index is 3.78. The molecule has 12 heavy (non-hydrogen) atoms. The van der Waals surface area contributed by atoms with Gasteiger partial charge >= 0.3 is 0 Å². The van der Waals surface area contributed by atoms with E-state index in [-0.39, 0.29) is 0 Å². The first-order valence-corrected chi connectivity index (χ1v) is 4.05. The summed E-state index contributed by atoms with van der Waals surface area (Å²) in [7, 11) is 3.79. The van der Waals surface area contributed by atoms with E-state index in [2.05, 4.69) is 40.0 Å². The van der Waals surface area contributed by atoms with Crippen LogP contribution in [0.5, 0.6) is 0 Å². The molecule has 1 rings (SSSR count). The second kappa shape index (κ2) is 4.77. The largest absolute Gasteiger partial charge is 0.288 e. The third-order valence-corrected chi connectivity index (χ3v) is 1.86. The fourth-order valence-electron chi connectivity index (χ4n) is 1.09. The highest BCUT2D eigenvalue weighted by molar-refractivity contribution is 5.08. The standard InChI is InChI=1S/C9H14N3/c1-10-6-7-11-9-5-3-4-8-12(9)2/h9,11H,5,7-8H2,1-2H3/q+1. The van der Waals surface area contributed by atoms with Crippen molar-refractivity contribution in [2.45, 2.75) is 12.6 Å². The summed E-state index contributed by atoms with van der Waals surface area (Å²) in [5.41, 5.74) is 0. The summed E-state index contributed by atoms with van der Waals surface area (Å²) in [6.45, 7) is 1.55. The summed E-state index contributed by atoms with van der Waals surface area (Å²) in [5.74, 6) is 6.13. The minimum absolute atomic E-state index is 0.362. The van der Waals surface area contributed by atoms with Crippen LogP contribution in [0.1, 0.15) is 6.42 Å². The van der Waals surface area contributed by atoms with Gasteiger partial charge in [-0.15, -0.1) is 0 Å². The van der Waals surface area contributed by atoms with Gasteiger partial charge in [-0.25, -0.2) is 0 Å². The lowest BCUT2D eigenvalue weighted by Crippen LogP contribution is -2.45. The Bertz CT molecular complexity index is 250. The van der Waals surface area contributed by atoms with E-state index in [1.165, 1.54) is 0 Å². The van der Waals surface area contributed by atoms with Crippen LogP contribution in [0.25, 0.3) is 4.85 Å². The van der Waals surface area contributed by atoms with Gasteiger partial charge in [0, 0.05) is 6.42 Å². The van der Waals surface area contributed by atoms with E-state index in [9.17, 15) is 0 Å². The van der Waals surface area contributed by atoms with Crippen molar-refractivity contribution in [2.24, 2.45) is 0 Å². The van der Waals surface area contributed by atoms with E-state index in [1.54, 1.807) is 7.05 Å². The van der Waals surface area contributed by atoms with Gasteiger partial charge in [-0.3, -0.25) is 10.2 Å². The molecule has 0 bridgehead atoms. The molecule has 0 aromatic heterocycles. The second-order valence-corrected chi connectivity index (χ2v) is 2.75. The topological polar surface area (TPSA) is 19.6 Å². The van der Waals surface area contributed by atoms with Crippen LogP contribution in [0, 0.1) is 17.9 Å². The van der Waals surface area contributed by atoms with Crippen molar-refractivity contribution in [2.75, 3.05) is 27.2 Å². The monoisotopic (exact) mass is 164 g/mol. The highest BCUT2D eigenvalue weighted by Crippen LogP contribution is 2.00. The van der Waals surface area contributed by atoms with Crippen LogP contribution < -0.4 is 5.32 Å². The van der Waals surface area contributed by atoms with Gasteiger partial charge in [-0.1, -0.05) is 16.7 Å². The minimum atomic E-state index is 0.362. The van der Waals surface area contributed by atoms with Crippen LogP contribution in [0.4, 0.5) is 0 Å². The van der Waals surface area contributed by atoms with Crippen LogP contribution in [-0.4, -0.2) is 38.3 Å². The third-order valence-electron chi connectivity index (χ3n) is 1.86. The SMILES string of the molecule is C[N+]#CCNC1CC#CCN1C. The van der Waals surface area contributed by atoms with Gasteiger partial charge in [0.2, 0.25) is 0 Å². The summed E-state index contributed by atoms with van der Waals surface area (Å²) in [6, 6.07) is 2.86. The molecular formula is C9H14N3+. The van der Waals surface area contributed by atoms with Crippen LogP contribution in [0.15, 0.2) is 0 Å². The zero-order chi connectivity index (χ0) is 8.81. The van der Waals surface area contributed by atoms with Crippen molar-refractivity contribution in [3.8, 4) is 17.9 Å². The van der Waals surface area contributed by atoms with Crippen molar-refractivity contribution < 1.29 is 0 Å². The Balaban J connectivity index is 2.31. The molecule has 3 heteroatoms. The minimum Gasteiger partial charge on any atom is -0.285 e. The fourth-order valence-corrected chi connectivity index (χ4v) is 1.09. The molecule has 0 spiro atoms. The molecule has 0 aromatic carbocycles. The Labute approximate surface area is 73.6 Å². The quantitative estimate of drug-likeness (QED) is 0.465. The van der Waals surface area contributed by atoms with Crippen LogP contribution >= 0.6 is 0 Å². The Morgan fingerprint density at radius 3 is 3.17 bits per heavy atom. The average Bonchev–Trinajstić information content (AvgIpc) is 2.09. The molecule has 0 saturated heterocycles. The molecule has 1 aliphatic heterocycles. The summed E-state index contributed by atoms with van der Waals surface area (Å²) in [4.78, 5) is 5.97. The van der Waals surface area contributed by atoms with Crippen LogP contribution in [0.2, 0.25) is 0 Å². The predicted octanol–water partition coefficient (Wildman–Crippen LogP) is 0.204. The average molecular weight is 164 g/mol. The number of nitrogens with zero attached hydrogens (tertiary/aromatic N) is 2. The van der Waals surface area contributed by atoms with Gasteiger partial charge in [0.15, 0.2) is 0 Å². The van der Waals surface area contributed by atoms with Crippen LogP contribution in [-0.2, 0) is 0 Å². The molecule has 0 amide bonds. The van der Waals surface area contributed by atoms with Crippen molar-refractivity contribution in [1.82, 2.24) is 10.2 Å². The smallest absolute Gasteiger partial charge is 0.285 e. The normalized spacial score (nSPS) is 22.0. The number of nitrogens with one attached hydrogen (secondary N) is 1. The van der Waals surface area contributed by atoms with Crippen molar-refractivity contribution >= 4 is 0 Å². The van der Waals surface area contributed by atoms with Gasteiger partial charge in [0.1, 0.15) is 6.54 Å². The molecule has 0 radical (unpaired) electrons. The molecule has 1 atom stereocenters. The van der Waals surface area contributed by atoms with E-state index < -0.39 is 0 Å². The van der Waals surface area contributed by atoms with Gasteiger partial charge in [0.05, 0.1) is 12.7 Å². The van der Waals surface area contributed by atoms with Crippen molar-refractivity contribution in [1.29, 1.82) is 0 Å². The Hall–Kier alpha value is -1.03. The lowest BCUT2D eigenvalue weighted by Gasteiger charge is -2.26. The molecule has 0 saturated carbocycles. The van der Waals surface area contributed by atoms with Crippen molar-refractivity contribution in [3.63, 3.8) is 0 Å². The zero-order valence-corrected chi connectivity index (χ0v) is 7.59. The maximum absolute atomic E-state index is 3.78. The van der Waals surface area contributed by atoms with Gasteiger partial charge in [-0.2, -0.15) is 0 Å². The zero-order valence-electron chi connectivity index (χ0n) is 7.59. The molecule has 1 N–H and O–H groups in total. The number of hydrogen-bond acceptors (Lipinski definition) is 2. The molecule has 1 unspecified atom stereocenters. The van der Waals surface area contributed by atoms with E-state index in [4.69, 9.17) is 0 Å². The van der Waals surface area contributed by atoms with E-state index in [0.717, 1.165) is 13.0 Å². The Morgan fingerprint density at radius 1 is 1.67 bits per heavy atom. The lowest BCUT2D eigenvalue weighted by molar-refractivity contribution is 0.231. The lowest BCUT2D eigenvalue weighted by atomic mass is 10.2. The summed E-state index contributed by atoms with van der Waals surface area (Å²) in [6.07, 6.45) is 1.25. The molecular weight excluding hydrogens is 150 g/mol. The third kappa shape index (κ3) is 2.54. The molecule has 1 heterocycles. The predicted molar refractivity (Wildman–Crippen MR) is 50.0 cm³/mol. The highest BCUT2D eigenvalue weighted by atomic mass is 15.2. The second-order valence-electron chi connectivity index (χ2n) is 2.75. The maximum Gasteiger partial charge on any atom is 0.288 e. The van der Waals surface area contributed by atoms with Gasteiger partial charge < -0.3 is 0 Å². The molecule has 0 aliphatic carbocycles. The molecule has 0 fully saturated rings. The van der Waals surface area contributed by atoms with E-state index in [1.807, 2.05) is 0 Å². The summed E-state index contributed by atoms with van der Waals surface area (Å²) >= 11 is 0. The van der Waals surface area contributed by atoms with E-state index >= 15 is 0 Å². The summed E-state index contributed by atoms with van der Waals surface area (Å²) < 4.78 is 0. The summed E-state index contributed by atoms with van der Waals surface area (Å²) in [5, 5.41) is 3.29. The highest BCUT2D eigenvalue weighted by Gasteiger charge is 2.14. The Kier molecular flexibility index (Phi) is 3.60. The first-order chi connectivity index (χ1) is 5.84. The fraction of sp³-hybridized carbons (Fsp3) is 0.667. The van der Waals surface area contributed by atoms with Gasteiger partial charge in [-0.05, 0) is 7.05 Å². The van der Waals surface area contributed by atoms with Gasteiger partial charge in [0.25, 0.3) is 13.1 Å². The molecule has 0 aromatic rings. The first-order valence-electron chi connectivity index (χ1n) is 4.05. The molecule has 64 valence electrons. The number of rotatable bonds is 2. The van der Waals surface area contributed by atoms with Crippen LogP contribution in [0.3, 0.4) is 0 Å². The van der Waals surface area contributed by atoms with E-state index in [0.29, 0.717) is 12.7 Å². The first kappa shape index (κ1) is 9.06. The molecule has 1 aliphatic rings. The number of hydrogen-bond donors (Lipinski definition) is 1. The Morgan fingerprint density at radius 2 is 2.50 bits per heavy atom.